The van der Waals surface area contributed by atoms with E-state index in [0.717, 1.165) is 16.8 Å². The van der Waals surface area contributed by atoms with Gasteiger partial charge in [0.15, 0.2) is 0 Å². The number of hydrogen-bond donors (Lipinski definition) is 3. The number of urea groups is 1. The fourth-order valence-electron chi connectivity index (χ4n) is 4.67. The largest absolute Gasteiger partial charge is 0.348 e. The SMILES string of the molecule is CS(=O)c1ccc(NC(=O)Nc2ccc3c(c2)C(=O)N(CCc2cnc[nH]2)C(c2ccc(C#N)cc2)C3)cc1. The number of nitriles is 1. The first kappa shape index (κ1) is 25.9. The van der Waals surface area contributed by atoms with Crippen molar-refractivity contribution in [2.75, 3.05) is 23.4 Å². The van der Waals surface area contributed by atoms with Gasteiger partial charge < -0.3 is 20.5 Å². The van der Waals surface area contributed by atoms with Gasteiger partial charge in [-0.2, -0.15) is 5.26 Å². The van der Waals surface area contributed by atoms with Gasteiger partial charge in [0.2, 0.25) is 0 Å². The van der Waals surface area contributed by atoms with Crippen LogP contribution < -0.4 is 10.6 Å². The molecule has 4 aromatic rings. The highest BCUT2D eigenvalue weighted by Crippen LogP contribution is 2.35. The zero-order chi connectivity index (χ0) is 27.4. The van der Waals surface area contributed by atoms with Gasteiger partial charge in [-0.15, -0.1) is 0 Å². The van der Waals surface area contributed by atoms with Gasteiger partial charge in [-0.25, -0.2) is 9.78 Å². The third-order valence-corrected chi connectivity index (χ3v) is 7.63. The molecule has 196 valence electrons. The lowest BCUT2D eigenvalue weighted by molar-refractivity contribution is 0.0649. The molecule has 39 heavy (non-hydrogen) atoms. The highest BCUT2D eigenvalue weighted by molar-refractivity contribution is 7.84. The van der Waals surface area contributed by atoms with Crippen molar-refractivity contribution in [3.63, 3.8) is 0 Å². The number of rotatable bonds is 7. The first-order chi connectivity index (χ1) is 18.9. The van der Waals surface area contributed by atoms with Crippen LogP contribution in [0, 0.1) is 11.3 Å². The number of carbonyl (C=O) groups is 2. The molecule has 0 bridgehead atoms. The first-order valence-corrected chi connectivity index (χ1v) is 13.9. The molecule has 3 aromatic carbocycles. The van der Waals surface area contributed by atoms with Crippen molar-refractivity contribution in [3.05, 3.63) is 107 Å². The zero-order valence-electron chi connectivity index (χ0n) is 21.2. The van der Waals surface area contributed by atoms with Gasteiger partial charge in [-0.3, -0.25) is 9.00 Å². The van der Waals surface area contributed by atoms with Crippen LogP contribution >= 0.6 is 0 Å². The van der Waals surface area contributed by atoms with Gasteiger partial charge in [0, 0.05) is 63.7 Å². The summed E-state index contributed by atoms with van der Waals surface area (Å²) in [5, 5.41) is 14.7. The maximum Gasteiger partial charge on any atom is 0.323 e. The van der Waals surface area contributed by atoms with E-state index in [0.29, 0.717) is 46.8 Å². The molecular formula is C29H26N6O3S. The second-order valence-electron chi connectivity index (χ2n) is 9.21. The highest BCUT2D eigenvalue weighted by atomic mass is 32.2. The van der Waals surface area contributed by atoms with Crippen molar-refractivity contribution in [1.29, 1.82) is 5.26 Å². The van der Waals surface area contributed by atoms with E-state index in [9.17, 15) is 19.1 Å². The fourth-order valence-corrected chi connectivity index (χ4v) is 5.19. The van der Waals surface area contributed by atoms with Gasteiger partial charge in [-0.05, 0) is 66.1 Å². The first-order valence-electron chi connectivity index (χ1n) is 12.3. The lowest BCUT2D eigenvalue weighted by Gasteiger charge is -2.37. The Balaban J connectivity index is 1.36. The van der Waals surface area contributed by atoms with Crippen molar-refractivity contribution >= 4 is 34.1 Å². The molecule has 5 rings (SSSR count). The maximum absolute atomic E-state index is 13.8. The minimum Gasteiger partial charge on any atom is -0.348 e. The molecule has 0 saturated heterocycles. The third kappa shape index (κ3) is 5.89. The van der Waals surface area contributed by atoms with Gasteiger partial charge in [-0.1, -0.05) is 18.2 Å². The second kappa shape index (κ2) is 11.3. The number of nitrogens with zero attached hydrogens (tertiary/aromatic N) is 3. The summed E-state index contributed by atoms with van der Waals surface area (Å²) in [5.41, 5.74) is 4.94. The molecule has 0 aliphatic carbocycles. The van der Waals surface area contributed by atoms with Gasteiger partial charge in [0.25, 0.3) is 5.91 Å². The fraction of sp³-hybridized carbons (Fsp3) is 0.172. The summed E-state index contributed by atoms with van der Waals surface area (Å²) in [7, 11) is -1.10. The predicted octanol–water partition coefficient (Wildman–Crippen LogP) is 4.65. The van der Waals surface area contributed by atoms with Gasteiger partial charge >= 0.3 is 6.03 Å². The molecule has 2 unspecified atom stereocenters. The van der Waals surface area contributed by atoms with Crippen LogP contribution in [-0.4, -0.2) is 43.8 Å². The molecule has 0 radical (unpaired) electrons. The van der Waals surface area contributed by atoms with E-state index in [4.69, 9.17) is 0 Å². The normalized spacial score (nSPS) is 15.2. The van der Waals surface area contributed by atoms with Gasteiger partial charge in [0.05, 0.1) is 24.0 Å². The number of benzene rings is 3. The monoisotopic (exact) mass is 538 g/mol. The molecule has 0 saturated carbocycles. The summed E-state index contributed by atoms with van der Waals surface area (Å²) >= 11 is 0. The third-order valence-electron chi connectivity index (χ3n) is 6.69. The number of fused-ring (bicyclic) bond motifs is 1. The Morgan fingerprint density at radius 1 is 1.10 bits per heavy atom. The van der Waals surface area contributed by atoms with Crippen LogP contribution in [0.15, 0.2) is 84.1 Å². The molecular weight excluding hydrogens is 512 g/mol. The molecule has 3 N–H and O–H groups in total. The molecule has 9 nitrogen and oxygen atoms in total. The minimum atomic E-state index is -1.10. The molecule has 0 fully saturated rings. The number of aromatic amines is 1. The van der Waals surface area contributed by atoms with Crippen molar-refractivity contribution in [3.8, 4) is 6.07 Å². The molecule has 10 heteroatoms. The Labute approximate surface area is 228 Å². The van der Waals surface area contributed by atoms with Crippen molar-refractivity contribution < 1.29 is 13.8 Å². The quantitative estimate of drug-likeness (QED) is 0.315. The van der Waals surface area contributed by atoms with Crippen LogP contribution in [0.1, 0.15) is 38.8 Å². The van der Waals surface area contributed by atoms with Crippen molar-refractivity contribution in [1.82, 2.24) is 14.9 Å². The number of hydrogen-bond acceptors (Lipinski definition) is 5. The number of aromatic nitrogens is 2. The standard InChI is InChI=1S/C29H26N6O3S/c1-39(38)25-10-8-22(9-11-25)33-29(37)34-23-7-6-21-14-27(20-4-2-19(16-30)3-5-20)35(28(36)26(21)15-23)13-12-24-17-31-18-32-24/h2-11,15,17-18,27H,12-14H2,1H3,(H,31,32)(H2,33,34,37). The van der Waals surface area contributed by atoms with Crippen LogP contribution in [0.4, 0.5) is 16.2 Å². The van der Waals surface area contributed by atoms with Crippen LogP contribution in [0.25, 0.3) is 0 Å². The van der Waals surface area contributed by atoms with Crippen LogP contribution in [0.2, 0.25) is 0 Å². The summed E-state index contributed by atoms with van der Waals surface area (Å²) in [6, 6.07) is 21.0. The molecule has 2 atom stereocenters. The van der Waals surface area contributed by atoms with Crippen LogP contribution in [0.3, 0.4) is 0 Å². The van der Waals surface area contributed by atoms with E-state index in [2.05, 4.69) is 26.7 Å². The van der Waals surface area contributed by atoms with E-state index in [-0.39, 0.29) is 11.9 Å². The van der Waals surface area contributed by atoms with Crippen LogP contribution in [-0.2, 0) is 23.6 Å². The molecule has 1 aliphatic heterocycles. The van der Waals surface area contributed by atoms with Gasteiger partial charge in [0.1, 0.15) is 0 Å². The minimum absolute atomic E-state index is 0.127. The molecule has 3 amide bonds. The average molecular weight is 539 g/mol. The number of nitrogens with one attached hydrogen (secondary N) is 3. The Kier molecular flexibility index (Phi) is 7.52. The summed E-state index contributed by atoms with van der Waals surface area (Å²) < 4.78 is 11.6. The summed E-state index contributed by atoms with van der Waals surface area (Å²) in [4.78, 5) is 36.1. The summed E-state index contributed by atoms with van der Waals surface area (Å²) in [5.74, 6) is -0.127. The zero-order valence-corrected chi connectivity index (χ0v) is 22.0. The molecule has 1 aliphatic rings. The lowest BCUT2D eigenvalue weighted by Crippen LogP contribution is -2.41. The Morgan fingerprint density at radius 2 is 1.82 bits per heavy atom. The van der Waals surface area contributed by atoms with E-state index in [1.807, 2.05) is 23.1 Å². The van der Waals surface area contributed by atoms with E-state index >= 15 is 0 Å². The average Bonchev–Trinajstić information content (AvgIpc) is 3.47. The number of amides is 3. The molecule has 0 spiro atoms. The Hall–Kier alpha value is -4.75. The number of anilines is 2. The topological polar surface area (TPSA) is 131 Å². The lowest BCUT2D eigenvalue weighted by atomic mass is 9.88. The Morgan fingerprint density at radius 3 is 2.49 bits per heavy atom. The second-order valence-corrected chi connectivity index (χ2v) is 10.6. The highest BCUT2D eigenvalue weighted by Gasteiger charge is 2.33. The van der Waals surface area contributed by atoms with E-state index in [1.54, 1.807) is 67.3 Å². The Bertz CT molecular complexity index is 1560. The van der Waals surface area contributed by atoms with Crippen molar-refractivity contribution in [2.45, 2.75) is 23.8 Å². The molecule has 1 aromatic heterocycles. The van der Waals surface area contributed by atoms with Crippen LogP contribution in [0.5, 0.6) is 0 Å². The summed E-state index contributed by atoms with van der Waals surface area (Å²) in [6.45, 7) is 0.474. The predicted molar refractivity (Wildman–Crippen MR) is 149 cm³/mol. The maximum atomic E-state index is 13.8. The smallest absolute Gasteiger partial charge is 0.323 e. The number of carbonyl (C=O) groups excluding carboxylic acids is 2. The summed E-state index contributed by atoms with van der Waals surface area (Å²) in [6.07, 6.45) is 6.17. The van der Waals surface area contributed by atoms with E-state index < -0.39 is 16.8 Å². The number of H-pyrrole nitrogens is 1. The molecule has 2 heterocycles. The van der Waals surface area contributed by atoms with Crippen molar-refractivity contribution in [2.24, 2.45) is 0 Å². The number of imidazole rings is 1. The van der Waals surface area contributed by atoms with E-state index in [1.165, 1.54) is 0 Å².